The number of amides is 1. The first kappa shape index (κ1) is 23.4. The van der Waals surface area contributed by atoms with E-state index in [4.69, 9.17) is 15.5 Å². The standard InChI is InChI=1S/C28H30N4O2/c1-19(20-12-14-22(34-2)15-13-20)31-28(33)26-23-10-6-7-11-25(23)32-27(21-8-4-3-5-9-21)24(26)18-30-17-16-29/h3-15,19,30H,16-18,29H2,1-2H3,(H,31,33)/t19-/m0/s1. The molecular weight excluding hydrogens is 424 g/mol. The Kier molecular flexibility index (Phi) is 7.52. The predicted molar refractivity (Wildman–Crippen MR) is 137 cm³/mol. The Morgan fingerprint density at radius 3 is 2.41 bits per heavy atom. The van der Waals surface area contributed by atoms with Crippen molar-refractivity contribution in [3.63, 3.8) is 0 Å². The second-order valence-corrected chi connectivity index (χ2v) is 8.13. The molecule has 4 rings (SSSR count). The summed E-state index contributed by atoms with van der Waals surface area (Å²) in [6, 6.07) is 25.3. The molecule has 174 valence electrons. The number of nitrogens with zero attached hydrogens (tertiary/aromatic N) is 1. The van der Waals surface area contributed by atoms with Crippen LogP contribution < -0.4 is 21.1 Å². The fourth-order valence-corrected chi connectivity index (χ4v) is 4.08. The van der Waals surface area contributed by atoms with E-state index in [9.17, 15) is 4.79 Å². The third-order valence-electron chi connectivity index (χ3n) is 5.85. The van der Waals surface area contributed by atoms with Crippen molar-refractivity contribution in [3.8, 4) is 17.0 Å². The second-order valence-electron chi connectivity index (χ2n) is 8.13. The van der Waals surface area contributed by atoms with Crippen molar-refractivity contribution in [1.29, 1.82) is 0 Å². The first-order valence-corrected chi connectivity index (χ1v) is 11.4. The van der Waals surface area contributed by atoms with Crippen molar-refractivity contribution in [2.24, 2.45) is 5.73 Å². The summed E-state index contributed by atoms with van der Waals surface area (Å²) < 4.78 is 5.26. The van der Waals surface area contributed by atoms with Crippen molar-refractivity contribution in [2.45, 2.75) is 19.5 Å². The van der Waals surface area contributed by atoms with Crippen LogP contribution in [0.3, 0.4) is 0 Å². The molecule has 0 radical (unpaired) electrons. The van der Waals surface area contributed by atoms with Crippen LogP contribution in [0.25, 0.3) is 22.2 Å². The van der Waals surface area contributed by atoms with Crippen molar-refractivity contribution in [2.75, 3.05) is 20.2 Å². The van der Waals surface area contributed by atoms with E-state index in [0.717, 1.165) is 39.0 Å². The molecule has 1 heterocycles. The van der Waals surface area contributed by atoms with Gasteiger partial charge in [-0.05, 0) is 30.7 Å². The number of fused-ring (bicyclic) bond motifs is 1. The number of ether oxygens (including phenoxy) is 1. The van der Waals surface area contributed by atoms with Gasteiger partial charge in [0.05, 0.1) is 29.9 Å². The van der Waals surface area contributed by atoms with Crippen molar-refractivity contribution >= 4 is 16.8 Å². The maximum absolute atomic E-state index is 13.8. The van der Waals surface area contributed by atoms with Crippen molar-refractivity contribution in [3.05, 3.63) is 95.6 Å². The molecule has 0 fully saturated rings. The third-order valence-corrected chi connectivity index (χ3v) is 5.85. The Balaban J connectivity index is 1.79. The predicted octanol–water partition coefficient (Wildman–Crippen LogP) is 4.45. The first-order chi connectivity index (χ1) is 16.6. The molecular formula is C28H30N4O2. The number of rotatable bonds is 9. The molecule has 0 aliphatic carbocycles. The maximum atomic E-state index is 13.8. The summed E-state index contributed by atoms with van der Waals surface area (Å²) in [4.78, 5) is 18.7. The smallest absolute Gasteiger partial charge is 0.252 e. The summed E-state index contributed by atoms with van der Waals surface area (Å²) in [5.74, 6) is 0.645. The van der Waals surface area contributed by atoms with Crippen LogP contribution in [0.4, 0.5) is 0 Å². The summed E-state index contributed by atoms with van der Waals surface area (Å²) in [7, 11) is 1.64. The number of methoxy groups -OCH3 is 1. The van der Waals surface area contributed by atoms with Gasteiger partial charge in [0.15, 0.2) is 0 Å². The number of benzene rings is 3. The minimum absolute atomic E-state index is 0.136. The number of carbonyl (C=O) groups excluding carboxylic acids is 1. The zero-order chi connectivity index (χ0) is 23.9. The van der Waals surface area contributed by atoms with Crippen molar-refractivity contribution in [1.82, 2.24) is 15.6 Å². The van der Waals surface area contributed by atoms with E-state index < -0.39 is 0 Å². The highest BCUT2D eigenvalue weighted by molar-refractivity contribution is 6.09. The highest BCUT2D eigenvalue weighted by Crippen LogP contribution is 2.31. The summed E-state index contributed by atoms with van der Waals surface area (Å²) in [6.45, 7) is 3.62. The molecule has 0 saturated carbocycles. The Morgan fingerprint density at radius 2 is 1.71 bits per heavy atom. The zero-order valence-electron chi connectivity index (χ0n) is 19.5. The molecule has 4 N–H and O–H groups in total. The molecule has 1 aromatic heterocycles. The lowest BCUT2D eigenvalue weighted by molar-refractivity contribution is 0.0940. The number of para-hydroxylation sites is 1. The van der Waals surface area contributed by atoms with Crippen LogP contribution >= 0.6 is 0 Å². The maximum Gasteiger partial charge on any atom is 0.252 e. The van der Waals surface area contributed by atoms with Gasteiger partial charge in [0.1, 0.15) is 5.75 Å². The largest absolute Gasteiger partial charge is 0.497 e. The van der Waals surface area contributed by atoms with Gasteiger partial charge < -0.3 is 21.1 Å². The molecule has 1 amide bonds. The molecule has 4 aromatic rings. The third kappa shape index (κ3) is 5.09. The molecule has 1 atom stereocenters. The quantitative estimate of drug-likeness (QED) is 0.325. The molecule has 6 heteroatoms. The van der Waals surface area contributed by atoms with E-state index in [-0.39, 0.29) is 11.9 Å². The number of carbonyl (C=O) groups is 1. The van der Waals surface area contributed by atoms with Crippen LogP contribution in [-0.2, 0) is 6.54 Å². The van der Waals surface area contributed by atoms with E-state index >= 15 is 0 Å². The lowest BCUT2D eigenvalue weighted by atomic mass is 9.95. The topological polar surface area (TPSA) is 89.3 Å². The van der Waals surface area contributed by atoms with Gasteiger partial charge >= 0.3 is 0 Å². The average molecular weight is 455 g/mol. The fraction of sp³-hybridized carbons (Fsp3) is 0.214. The van der Waals surface area contributed by atoms with Crippen LogP contribution in [0.2, 0.25) is 0 Å². The minimum Gasteiger partial charge on any atom is -0.497 e. The summed E-state index contributed by atoms with van der Waals surface area (Å²) >= 11 is 0. The van der Waals surface area contributed by atoms with Crippen LogP contribution in [0.1, 0.15) is 34.5 Å². The lowest BCUT2D eigenvalue weighted by Crippen LogP contribution is -2.30. The first-order valence-electron chi connectivity index (χ1n) is 11.4. The number of pyridine rings is 1. The van der Waals surface area contributed by atoms with E-state index in [0.29, 0.717) is 25.2 Å². The van der Waals surface area contributed by atoms with E-state index in [2.05, 4.69) is 10.6 Å². The normalized spacial score (nSPS) is 11.9. The summed E-state index contributed by atoms with van der Waals surface area (Å²) in [6.07, 6.45) is 0. The van der Waals surface area contributed by atoms with E-state index in [1.54, 1.807) is 7.11 Å². The average Bonchev–Trinajstić information content (AvgIpc) is 2.88. The van der Waals surface area contributed by atoms with Crippen LogP contribution in [0, 0.1) is 0 Å². The molecule has 0 bridgehead atoms. The Hall–Kier alpha value is -3.74. The van der Waals surface area contributed by atoms with Gasteiger partial charge in [-0.1, -0.05) is 60.7 Å². The van der Waals surface area contributed by atoms with Gasteiger partial charge in [0, 0.05) is 36.1 Å². The zero-order valence-corrected chi connectivity index (χ0v) is 19.5. The molecule has 0 aliphatic rings. The van der Waals surface area contributed by atoms with Gasteiger partial charge in [0.25, 0.3) is 5.91 Å². The van der Waals surface area contributed by atoms with E-state index in [1.165, 1.54) is 0 Å². The number of aromatic nitrogens is 1. The fourth-order valence-electron chi connectivity index (χ4n) is 4.08. The Labute approximate surface area is 200 Å². The highest BCUT2D eigenvalue weighted by Gasteiger charge is 2.22. The van der Waals surface area contributed by atoms with Gasteiger partial charge in [0.2, 0.25) is 0 Å². The highest BCUT2D eigenvalue weighted by atomic mass is 16.5. The number of hydrogen-bond donors (Lipinski definition) is 3. The van der Waals surface area contributed by atoms with E-state index in [1.807, 2.05) is 85.8 Å². The second kappa shape index (κ2) is 10.9. The van der Waals surface area contributed by atoms with Gasteiger partial charge in [-0.15, -0.1) is 0 Å². The molecule has 0 aliphatic heterocycles. The molecule has 0 spiro atoms. The molecule has 0 saturated heterocycles. The minimum atomic E-state index is -0.185. The monoisotopic (exact) mass is 454 g/mol. The van der Waals surface area contributed by atoms with Gasteiger partial charge in [-0.2, -0.15) is 0 Å². The molecule has 34 heavy (non-hydrogen) atoms. The Bertz CT molecular complexity index is 1260. The lowest BCUT2D eigenvalue weighted by Gasteiger charge is -2.20. The number of nitrogens with two attached hydrogens (primary N) is 1. The van der Waals surface area contributed by atoms with Crippen LogP contribution in [-0.4, -0.2) is 31.1 Å². The summed E-state index contributed by atoms with van der Waals surface area (Å²) in [5, 5.41) is 7.38. The van der Waals surface area contributed by atoms with Gasteiger partial charge in [-0.25, -0.2) is 4.98 Å². The molecule has 0 unspecified atom stereocenters. The van der Waals surface area contributed by atoms with Crippen molar-refractivity contribution < 1.29 is 9.53 Å². The Morgan fingerprint density at radius 1 is 1.00 bits per heavy atom. The van der Waals surface area contributed by atoms with Crippen LogP contribution in [0.5, 0.6) is 5.75 Å². The van der Waals surface area contributed by atoms with Gasteiger partial charge in [-0.3, -0.25) is 4.79 Å². The number of hydrogen-bond acceptors (Lipinski definition) is 5. The number of nitrogens with one attached hydrogen (secondary N) is 2. The summed E-state index contributed by atoms with van der Waals surface area (Å²) in [5.41, 5.74) is 10.8. The molecule has 3 aromatic carbocycles. The SMILES string of the molecule is COc1ccc([C@H](C)NC(=O)c2c(CNCCN)c(-c3ccccc3)nc3ccccc23)cc1. The molecule has 6 nitrogen and oxygen atoms in total. The van der Waals surface area contributed by atoms with Crippen LogP contribution in [0.15, 0.2) is 78.9 Å².